The molecule has 0 aliphatic heterocycles. The van der Waals surface area contributed by atoms with Gasteiger partial charge in [0.15, 0.2) is 0 Å². The predicted molar refractivity (Wildman–Crippen MR) is 99.6 cm³/mol. The van der Waals surface area contributed by atoms with E-state index in [1.54, 1.807) is 0 Å². The molecule has 1 atom stereocenters. The number of hydrogen-bond acceptors (Lipinski definition) is 3. The summed E-state index contributed by atoms with van der Waals surface area (Å²) in [6.07, 6.45) is 7.95. The Morgan fingerprint density at radius 1 is 1.09 bits per heavy atom. The number of benzene rings is 1. The Labute approximate surface area is 147 Å². The van der Waals surface area contributed by atoms with Gasteiger partial charge in [0, 0.05) is 5.54 Å². The highest BCUT2D eigenvalue weighted by Crippen LogP contribution is 2.16. The molecule has 1 aromatic rings. The van der Waals surface area contributed by atoms with E-state index in [-0.39, 0.29) is 24.5 Å². The van der Waals surface area contributed by atoms with E-state index in [1.807, 2.05) is 19.1 Å². The van der Waals surface area contributed by atoms with Crippen LogP contribution in [0.5, 0.6) is 5.75 Å². The second-order valence-corrected chi connectivity index (χ2v) is 6.22. The first-order valence-electron chi connectivity index (χ1n) is 8.19. The monoisotopic (exact) mass is 347 g/mol. The number of rotatable bonds is 11. The zero-order valence-corrected chi connectivity index (χ0v) is 15.3. The number of halogens is 1. The molecule has 0 bridgehead atoms. The summed E-state index contributed by atoms with van der Waals surface area (Å²) >= 11 is 0. The number of ether oxygens (including phenoxy) is 1. The van der Waals surface area contributed by atoms with Gasteiger partial charge in [0.1, 0.15) is 5.75 Å². The van der Waals surface area contributed by atoms with Crippen molar-refractivity contribution in [1.82, 2.24) is 0 Å². The van der Waals surface area contributed by atoms with Crippen molar-refractivity contribution in [2.24, 2.45) is 5.73 Å². The number of unbranched alkanes of at least 4 members (excludes halogenated alkanes) is 4. The second kappa shape index (κ2) is 13.6. The number of nitrogens with two attached hydrogens (primary N) is 1. The molecular formula is C18H34ClNO3. The molecule has 0 saturated heterocycles. The Morgan fingerprint density at radius 2 is 1.70 bits per heavy atom. The summed E-state index contributed by atoms with van der Waals surface area (Å²) in [5, 5.41) is 9.15. The zero-order valence-electron chi connectivity index (χ0n) is 14.5. The van der Waals surface area contributed by atoms with E-state index >= 15 is 0 Å². The van der Waals surface area contributed by atoms with E-state index in [4.69, 9.17) is 15.6 Å². The van der Waals surface area contributed by atoms with Crippen molar-refractivity contribution in [3.8, 4) is 5.75 Å². The highest BCUT2D eigenvalue weighted by Gasteiger charge is 2.16. The average molecular weight is 348 g/mol. The maximum atomic E-state index is 9.15. The van der Waals surface area contributed by atoms with E-state index < -0.39 is 5.54 Å². The van der Waals surface area contributed by atoms with Crippen molar-refractivity contribution in [2.45, 2.75) is 64.3 Å². The molecule has 0 saturated carbocycles. The van der Waals surface area contributed by atoms with Crippen LogP contribution in [0, 0.1) is 0 Å². The van der Waals surface area contributed by atoms with Gasteiger partial charge in [-0.05, 0) is 43.9 Å². The summed E-state index contributed by atoms with van der Waals surface area (Å²) in [6, 6.07) is 8.21. The van der Waals surface area contributed by atoms with E-state index in [9.17, 15) is 0 Å². The van der Waals surface area contributed by atoms with Crippen molar-refractivity contribution in [3.63, 3.8) is 0 Å². The van der Waals surface area contributed by atoms with E-state index in [0.29, 0.717) is 0 Å². The zero-order chi connectivity index (χ0) is 15.6. The predicted octanol–water partition coefficient (Wildman–Crippen LogP) is 3.28. The van der Waals surface area contributed by atoms with Gasteiger partial charge in [-0.15, -0.1) is 12.4 Å². The molecule has 0 spiro atoms. The molecule has 0 aromatic heterocycles. The largest absolute Gasteiger partial charge is 0.494 e. The van der Waals surface area contributed by atoms with E-state index in [1.165, 1.54) is 31.2 Å². The molecule has 1 unspecified atom stereocenters. The van der Waals surface area contributed by atoms with E-state index in [0.717, 1.165) is 31.6 Å². The van der Waals surface area contributed by atoms with Crippen LogP contribution < -0.4 is 10.5 Å². The first-order valence-corrected chi connectivity index (χ1v) is 8.19. The van der Waals surface area contributed by atoms with Gasteiger partial charge in [0.25, 0.3) is 0 Å². The number of aliphatic hydroxyl groups excluding tert-OH is 1. The lowest BCUT2D eigenvalue weighted by Gasteiger charge is -2.21. The summed E-state index contributed by atoms with van der Waals surface area (Å²) in [5.41, 5.74) is 6.67. The number of aliphatic hydroxyl groups is 1. The summed E-state index contributed by atoms with van der Waals surface area (Å²) in [5.74, 6) is 0.937. The molecule has 0 fully saturated rings. The van der Waals surface area contributed by atoms with Crippen molar-refractivity contribution in [3.05, 3.63) is 29.8 Å². The van der Waals surface area contributed by atoms with Crippen LogP contribution in [0.1, 0.15) is 57.9 Å². The molecule has 0 radical (unpaired) electrons. The maximum absolute atomic E-state index is 9.15. The van der Waals surface area contributed by atoms with E-state index in [2.05, 4.69) is 19.1 Å². The van der Waals surface area contributed by atoms with Gasteiger partial charge in [-0.1, -0.05) is 44.7 Å². The molecule has 0 amide bonds. The molecule has 136 valence electrons. The Morgan fingerprint density at radius 3 is 2.26 bits per heavy atom. The third-order valence-corrected chi connectivity index (χ3v) is 3.79. The lowest BCUT2D eigenvalue weighted by atomic mass is 9.95. The second-order valence-electron chi connectivity index (χ2n) is 6.22. The summed E-state index contributed by atoms with van der Waals surface area (Å²) in [6.45, 7) is 4.93. The third kappa shape index (κ3) is 11.4. The Balaban J connectivity index is 0. The Kier molecular flexibility index (Phi) is 14.5. The van der Waals surface area contributed by atoms with Crippen molar-refractivity contribution in [1.29, 1.82) is 0 Å². The van der Waals surface area contributed by atoms with Crippen LogP contribution in [0.2, 0.25) is 0 Å². The average Bonchev–Trinajstić information content (AvgIpc) is 2.50. The van der Waals surface area contributed by atoms with Crippen molar-refractivity contribution < 1.29 is 15.3 Å². The molecule has 1 aromatic carbocycles. The highest BCUT2D eigenvalue weighted by molar-refractivity contribution is 5.85. The summed E-state index contributed by atoms with van der Waals surface area (Å²) in [7, 11) is 0. The lowest BCUT2D eigenvalue weighted by Crippen LogP contribution is -2.40. The van der Waals surface area contributed by atoms with Crippen molar-refractivity contribution in [2.75, 3.05) is 13.2 Å². The van der Waals surface area contributed by atoms with Crippen LogP contribution >= 0.6 is 12.4 Å². The van der Waals surface area contributed by atoms with Gasteiger partial charge < -0.3 is 21.1 Å². The normalized spacial score (nSPS) is 12.7. The van der Waals surface area contributed by atoms with Gasteiger partial charge in [-0.2, -0.15) is 0 Å². The SMILES string of the molecule is CCCCCCCOc1ccc(CCC(C)(N)CO)cc1.Cl.O. The molecule has 0 heterocycles. The number of aryl methyl sites for hydroxylation is 1. The quantitative estimate of drug-likeness (QED) is 0.602. The van der Waals surface area contributed by atoms with Gasteiger partial charge in [0.2, 0.25) is 0 Å². The molecule has 0 aliphatic carbocycles. The summed E-state index contributed by atoms with van der Waals surface area (Å²) in [4.78, 5) is 0. The van der Waals surface area contributed by atoms with Gasteiger partial charge >= 0.3 is 0 Å². The standard InChI is InChI=1S/C18H31NO2.ClH.H2O/c1-3-4-5-6-7-14-21-17-10-8-16(9-11-17)12-13-18(2,19)15-20;;/h8-11,20H,3-7,12-15,19H2,1-2H3;1H;1H2. The molecular weight excluding hydrogens is 314 g/mol. The minimum Gasteiger partial charge on any atom is -0.494 e. The molecule has 0 aliphatic rings. The third-order valence-electron chi connectivity index (χ3n) is 3.79. The van der Waals surface area contributed by atoms with Gasteiger partial charge in [-0.3, -0.25) is 0 Å². The number of hydrogen-bond donors (Lipinski definition) is 2. The first kappa shape index (κ1) is 24.4. The molecule has 4 nitrogen and oxygen atoms in total. The minimum absolute atomic E-state index is 0. The van der Waals surface area contributed by atoms with Crippen molar-refractivity contribution >= 4 is 12.4 Å². The highest BCUT2D eigenvalue weighted by atomic mass is 35.5. The summed E-state index contributed by atoms with van der Waals surface area (Å²) < 4.78 is 5.74. The van der Waals surface area contributed by atoms with Crippen LogP contribution in [0.3, 0.4) is 0 Å². The minimum atomic E-state index is -0.492. The van der Waals surface area contributed by atoms with Gasteiger partial charge in [-0.25, -0.2) is 0 Å². The topological polar surface area (TPSA) is 87.0 Å². The smallest absolute Gasteiger partial charge is 0.119 e. The molecule has 1 rings (SSSR count). The maximum Gasteiger partial charge on any atom is 0.119 e. The first-order chi connectivity index (χ1) is 10.1. The Hall–Kier alpha value is -0.810. The fourth-order valence-corrected chi connectivity index (χ4v) is 2.16. The van der Waals surface area contributed by atoms with Crippen LogP contribution in [0.25, 0.3) is 0 Å². The molecule has 5 heteroatoms. The molecule has 23 heavy (non-hydrogen) atoms. The van der Waals surface area contributed by atoms with Crippen LogP contribution in [0.15, 0.2) is 24.3 Å². The van der Waals surface area contributed by atoms with Crippen LogP contribution in [-0.2, 0) is 6.42 Å². The van der Waals surface area contributed by atoms with Gasteiger partial charge in [0.05, 0.1) is 13.2 Å². The Bertz CT molecular complexity index is 382. The van der Waals surface area contributed by atoms with Crippen LogP contribution in [0.4, 0.5) is 0 Å². The fraction of sp³-hybridized carbons (Fsp3) is 0.667. The lowest BCUT2D eigenvalue weighted by molar-refractivity contribution is 0.200. The van der Waals surface area contributed by atoms with Crippen LogP contribution in [-0.4, -0.2) is 29.3 Å². The molecule has 5 N–H and O–H groups in total. The fourth-order valence-electron chi connectivity index (χ4n) is 2.16.